The molecule has 94 valence electrons. The molecule has 0 spiro atoms. The Morgan fingerprint density at radius 3 is 2.71 bits per heavy atom. The number of hydrogen-bond donors (Lipinski definition) is 1. The summed E-state index contributed by atoms with van der Waals surface area (Å²) in [6.07, 6.45) is 1.98. The summed E-state index contributed by atoms with van der Waals surface area (Å²) in [5.74, 6) is 0.266. The minimum absolute atomic E-state index is 0.266. The molecule has 1 heterocycles. The van der Waals surface area contributed by atoms with Crippen molar-refractivity contribution in [3.05, 3.63) is 29.3 Å². The first-order valence-corrected chi connectivity index (χ1v) is 7.77. The summed E-state index contributed by atoms with van der Waals surface area (Å²) >= 11 is 0. The average molecular weight is 254 g/mol. The van der Waals surface area contributed by atoms with Crippen LogP contribution in [-0.2, 0) is 22.9 Å². The van der Waals surface area contributed by atoms with Crippen molar-refractivity contribution in [3.63, 3.8) is 0 Å². The molecule has 0 fully saturated rings. The predicted molar refractivity (Wildman–Crippen MR) is 69.3 cm³/mol. The number of sulfone groups is 1. The van der Waals surface area contributed by atoms with Crippen molar-refractivity contribution >= 4 is 15.5 Å². The molecule has 0 amide bonds. The van der Waals surface area contributed by atoms with Crippen molar-refractivity contribution in [2.45, 2.75) is 19.5 Å². The number of fused-ring (bicyclic) bond motifs is 1. The van der Waals surface area contributed by atoms with E-state index in [-0.39, 0.29) is 5.75 Å². The highest BCUT2D eigenvalue weighted by Crippen LogP contribution is 2.24. The standard InChI is InChI=1S/C12H18N2O2S/c1-17(15,16)6-2-5-14-8-10-3-4-12(13)7-11(10)9-14/h3-4,7H,2,5-6,8-9,13H2,1H3. The number of nitrogen functional groups attached to an aromatic ring is 1. The fraction of sp³-hybridized carbons (Fsp3) is 0.500. The Morgan fingerprint density at radius 1 is 1.29 bits per heavy atom. The molecule has 0 unspecified atom stereocenters. The highest BCUT2D eigenvalue weighted by atomic mass is 32.2. The van der Waals surface area contributed by atoms with Gasteiger partial charge >= 0.3 is 0 Å². The molecule has 0 saturated carbocycles. The summed E-state index contributed by atoms with van der Waals surface area (Å²) in [6, 6.07) is 5.98. The van der Waals surface area contributed by atoms with Crippen molar-refractivity contribution in [1.29, 1.82) is 0 Å². The van der Waals surface area contributed by atoms with Gasteiger partial charge in [-0.2, -0.15) is 0 Å². The highest BCUT2D eigenvalue weighted by Gasteiger charge is 2.18. The van der Waals surface area contributed by atoms with E-state index in [9.17, 15) is 8.42 Å². The van der Waals surface area contributed by atoms with Crippen LogP contribution >= 0.6 is 0 Å². The summed E-state index contributed by atoms with van der Waals surface area (Å²) in [4.78, 5) is 2.26. The Balaban J connectivity index is 1.88. The van der Waals surface area contributed by atoms with Crippen molar-refractivity contribution < 1.29 is 8.42 Å². The van der Waals surface area contributed by atoms with Gasteiger partial charge in [0.15, 0.2) is 0 Å². The van der Waals surface area contributed by atoms with Crippen molar-refractivity contribution in [2.24, 2.45) is 0 Å². The second kappa shape index (κ2) is 4.66. The second-order valence-corrected chi connectivity index (χ2v) is 6.98. The topological polar surface area (TPSA) is 63.4 Å². The van der Waals surface area contributed by atoms with Crippen molar-refractivity contribution in [3.8, 4) is 0 Å². The van der Waals surface area contributed by atoms with Crippen LogP contribution < -0.4 is 5.73 Å². The van der Waals surface area contributed by atoms with Crippen molar-refractivity contribution in [2.75, 3.05) is 24.3 Å². The molecule has 1 aliphatic rings. The Bertz CT molecular complexity index is 511. The maximum absolute atomic E-state index is 11.0. The number of anilines is 1. The van der Waals surface area contributed by atoms with Crippen LogP contribution in [0.5, 0.6) is 0 Å². The number of benzene rings is 1. The molecular formula is C12H18N2O2S. The van der Waals surface area contributed by atoms with E-state index < -0.39 is 9.84 Å². The van der Waals surface area contributed by atoms with E-state index in [0.717, 1.165) is 25.3 Å². The Kier molecular flexibility index (Phi) is 3.40. The van der Waals surface area contributed by atoms with E-state index in [4.69, 9.17) is 5.73 Å². The van der Waals surface area contributed by atoms with Gasteiger partial charge in [0.1, 0.15) is 9.84 Å². The van der Waals surface area contributed by atoms with Crippen LogP contribution in [0.2, 0.25) is 0 Å². The van der Waals surface area contributed by atoms with Gasteiger partial charge in [-0.3, -0.25) is 4.90 Å². The van der Waals surface area contributed by atoms with Gasteiger partial charge in [0.25, 0.3) is 0 Å². The van der Waals surface area contributed by atoms with Crippen LogP contribution in [0.25, 0.3) is 0 Å². The van der Waals surface area contributed by atoms with Gasteiger partial charge in [0, 0.05) is 25.0 Å². The molecule has 17 heavy (non-hydrogen) atoms. The molecule has 1 aliphatic heterocycles. The summed E-state index contributed by atoms with van der Waals surface area (Å²) in [5, 5.41) is 0. The molecule has 0 bridgehead atoms. The van der Waals surface area contributed by atoms with Gasteiger partial charge in [0.2, 0.25) is 0 Å². The summed E-state index contributed by atoms with van der Waals surface area (Å²) in [6.45, 7) is 2.60. The van der Waals surface area contributed by atoms with Crippen LogP contribution in [0.3, 0.4) is 0 Å². The van der Waals surface area contributed by atoms with Gasteiger partial charge in [-0.05, 0) is 36.2 Å². The van der Waals surface area contributed by atoms with E-state index in [2.05, 4.69) is 11.0 Å². The third-order valence-electron chi connectivity index (χ3n) is 3.01. The highest BCUT2D eigenvalue weighted by molar-refractivity contribution is 7.90. The van der Waals surface area contributed by atoms with E-state index in [0.29, 0.717) is 6.42 Å². The molecule has 0 aromatic heterocycles. The SMILES string of the molecule is CS(=O)(=O)CCCN1Cc2ccc(N)cc2C1. The summed E-state index contributed by atoms with van der Waals surface area (Å²) in [5.41, 5.74) is 9.10. The monoisotopic (exact) mass is 254 g/mol. The third kappa shape index (κ3) is 3.44. The van der Waals surface area contributed by atoms with E-state index >= 15 is 0 Å². The number of rotatable bonds is 4. The van der Waals surface area contributed by atoms with Gasteiger partial charge in [0.05, 0.1) is 5.75 Å². The minimum Gasteiger partial charge on any atom is -0.399 e. The summed E-state index contributed by atoms with van der Waals surface area (Å²) < 4.78 is 22.1. The first-order valence-electron chi connectivity index (χ1n) is 5.71. The zero-order valence-corrected chi connectivity index (χ0v) is 10.8. The van der Waals surface area contributed by atoms with E-state index in [1.54, 1.807) is 0 Å². The van der Waals surface area contributed by atoms with Crippen LogP contribution in [-0.4, -0.2) is 31.9 Å². The maximum atomic E-state index is 11.0. The lowest BCUT2D eigenvalue weighted by Crippen LogP contribution is -2.20. The third-order valence-corrected chi connectivity index (χ3v) is 4.04. The molecule has 4 nitrogen and oxygen atoms in total. The van der Waals surface area contributed by atoms with Crippen LogP contribution in [0.1, 0.15) is 17.5 Å². The van der Waals surface area contributed by atoms with Crippen molar-refractivity contribution in [1.82, 2.24) is 4.90 Å². The Morgan fingerprint density at radius 2 is 2.00 bits per heavy atom. The lowest BCUT2D eigenvalue weighted by Gasteiger charge is -2.13. The lowest BCUT2D eigenvalue weighted by atomic mass is 10.1. The van der Waals surface area contributed by atoms with Gasteiger partial charge in [-0.25, -0.2) is 8.42 Å². The maximum Gasteiger partial charge on any atom is 0.147 e. The molecule has 0 radical (unpaired) electrons. The zero-order chi connectivity index (χ0) is 12.5. The molecular weight excluding hydrogens is 236 g/mol. The average Bonchev–Trinajstić information content (AvgIpc) is 2.57. The van der Waals surface area contributed by atoms with E-state index in [1.807, 2.05) is 12.1 Å². The quantitative estimate of drug-likeness (QED) is 0.815. The van der Waals surface area contributed by atoms with Crippen LogP contribution in [0.15, 0.2) is 18.2 Å². The predicted octanol–water partition coefficient (Wildman–Crippen LogP) is 1.02. The first kappa shape index (κ1) is 12.4. The molecule has 0 atom stereocenters. The minimum atomic E-state index is -2.84. The fourth-order valence-corrected chi connectivity index (χ4v) is 2.85. The molecule has 0 saturated heterocycles. The molecule has 0 aliphatic carbocycles. The van der Waals surface area contributed by atoms with Gasteiger partial charge in [-0.15, -0.1) is 0 Å². The molecule has 1 aromatic carbocycles. The van der Waals surface area contributed by atoms with Crippen LogP contribution in [0, 0.1) is 0 Å². The molecule has 5 heteroatoms. The second-order valence-electron chi connectivity index (χ2n) is 4.72. The Hall–Kier alpha value is -1.07. The van der Waals surface area contributed by atoms with Gasteiger partial charge in [-0.1, -0.05) is 6.07 Å². The van der Waals surface area contributed by atoms with E-state index in [1.165, 1.54) is 17.4 Å². The number of nitrogens with zero attached hydrogens (tertiary/aromatic N) is 1. The molecule has 2 rings (SSSR count). The fourth-order valence-electron chi connectivity index (χ4n) is 2.19. The smallest absolute Gasteiger partial charge is 0.147 e. The first-order chi connectivity index (χ1) is 7.94. The molecule has 1 aromatic rings. The summed E-state index contributed by atoms with van der Waals surface area (Å²) in [7, 11) is -2.84. The normalized spacial score (nSPS) is 16.1. The lowest BCUT2D eigenvalue weighted by molar-refractivity contribution is 0.285. The number of nitrogens with two attached hydrogens (primary N) is 1. The Labute approximate surface area is 102 Å². The van der Waals surface area contributed by atoms with Crippen LogP contribution in [0.4, 0.5) is 5.69 Å². The number of hydrogen-bond acceptors (Lipinski definition) is 4. The largest absolute Gasteiger partial charge is 0.399 e. The molecule has 2 N–H and O–H groups in total. The zero-order valence-electron chi connectivity index (χ0n) is 10.0. The van der Waals surface area contributed by atoms with Gasteiger partial charge < -0.3 is 5.73 Å².